The predicted molar refractivity (Wildman–Crippen MR) is 135 cm³/mol. The van der Waals surface area contributed by atoms with E-state index in [1.54, 1.807) is 11.3 Å². The third-order valence-corrected chi connectivity index (χ3v) is 7.56. The molecule has 2 aromatic carbocycles. The Morgan fingerprint density at radius 2 is 1.82 bits per heavy atom. The molecule has 3 aromatic heterocycles. The summed E-state index contributed by atoms with van der Waals surface area (Å²) in [6.45, 7) is 7.04. The van der Waals surface area contributed by atoms with Crippen molar-refractivity contribution in [3.8, 4) is 5.69 Å². The number of carbonyl (C=O) groups excluding carboxylic acids is 1. The normalized spacial score (nSPS) is 14.8. The van der Waals surface area contributed by atoms with E-state index in [2.05, 4.69) is 36.1 Å². The van der Waals surface area contributed by atoms with Crippen molar-refractivity contribution in [2.75, 3.05) is 31.1 Å². The molecule has 0 bridgehead atoms. The van der Waals surface area contributed by atoms with Crippen molar-refractivity contribution < 1.29 is 9.21 Å². The van der Waals surface area contributed by atoms with Crippen LogP contribution in [-0.2, 0) is 0 Å². The Hall–Kier alpha value is -3.65. The van der Waals surface area contributed by atoms with Crippen LogP contribution in [0.4, 0.5) is 5.13 Å². The van der Waals surface area contributed by atoms with Crippen LogP contribution in [0.2, 0.25) is 0 Å². The molecule has 0 atom stereocenters. The number of rotatable bonds is 3. The maximum absolute atomic E-state index is 13.1. The fourth-order valence-corrected chi connectivity index (χ4v) is 5.52. The summed E-state index contributed by atoms with van der Waals surface area (Å²) in [5.74, 6) is 0.358. The van der Waals surface area contributed by atoms with Crippen LogP contribution < -0.4 is 4.90 Å². The molecule has 0 radical (unpaired) electrons. The molecule has 0 saturated carbocycles. The number of benzene rings is 2. The summed E-state index contributed by atoms with van der Waals surface area (Å²) in [5, 5.41) is 6.66. The number of fused-ring (bicyclic) bond motifs is 2. The summed E-state index contributed by atoms with van der Waals surface area (Å²) in [6.07, 6.45) is 0.880. The minimum atomic E-state index is -0.0480. The molecule has 8 heteroatoms. The number of thiazole rings is 1. The summed E-state index contributed by atoms with van der Waals surface area (Å²) in [6, 6.07) is 17.9. The molecule has 1 aliphatic heterocycles. The zero-order valence-electron chi connectivity index (χ0n) is 19.2. The molecule has 4 heterocycles. The van der Waals surface area contributed by atoms with Crippen LogP contribution in [-0.4, -0.2) is 51.8 Å². The van der Waals surface area contributed by atoms with Gasteiger partial charge in [0.25, 0.3) is 5.91 Å². The molecule has 34 heavy (non-hydrogen) atoms. The summed E-state index contributed by atoms with van der Waals surface area (Å²) in [5.41, 5.74) is 4.85. The lowest BCUT2D eigenvalue weighted by atomic mass is 10.2. The molecule has 1 amide bonds. The fraction of sp³-hybridized carbons (Fsp3) is 0.269. The number of furan rings is 1. The van der Waals surface area contributed by atoms with Gasteiger partial charge in [-0.15, -0.1) is 0 Å². The lowest BCUT2D eigenvalue weighted by Gasteiger charge is -2.20. The SMILES string of the molecule is Cc1ccc(-n2nc(C)c3sc(N4CCCN(C(=O)c5cc6ccccc6o5)CC4)nc32)cc1. The number of carbonyl (C=O) groups is 1. The van der Waals surface area contributed by atoms with Crippen molar-refractivity contribution in [2.24, 2.45) is 0 Å². The molecule has 0 unspecified atom stereocenters. The number of nitrogens with zero attached hydrogens (tertiary/aromatic N) is 5. The highest BCUT2D eigenvalue weighted by Crippen LogP contribution is 2.33. The number of amides is 1. The van der Waals surface area contributed by atoms with Crippen LogP contribution in [0, 0.1) is 13.8 Å². The molecule has 1 aliphatic rings. The third-order valence-electron chi connectivity index (χ3n) is 6.35. The van der Waals surface area contributed by atoms with E-state index in [-0.39, 0.29) is 5.91 Å². The molecule has 0 aliphatic carbocycles. The first-order valence-electron chi connectivity index (χ1n) is 11.5. The van der Waals surface area contributed by atoms with Gasteiger partial charge in [-0.1, -0.05) is 47.2 Å². The maximum atomic E-state index is 13.1. The molecule has 0 N–H and O–H groups in total. The highest BCUT2D eigenvalue weighted by atomic mass is 32.1. The minimum absolute atomic E-state index is 0.0480. The molecular formula is C26H25N5O2S. The quantitative estimate of drug-likeness (QED) is 0.362. The van der Waals surface area contributed by atoms with Crippen molar-refractivity contribution in [1.29, 1.82) is 0 Å². The highest BCUT2D eigenvalue weighted by molar-refractivity contribution is 7.22. The number of para-hydroxylation sites is 1. The second kappa shape index (κ2) is 8.29. The number of aryl methyl sites for hydroxylation is 2. The monoisotopic (exact) mass is 471 g/mol. The van der Waals surface area contributed by atoms with Crippen molar-refractivity contribution in [1.82, 2.24) is 19.7 Å². The minimum Gasteiger partial charge on any atom is -0.451 e. The summed E-state index contributed by atoms with van der Waals surface area (Å²) < 4.78 is 8.85. The van der Waals surface area contributed by atoms with Crippen molar-refractivity contribution in [2.45, 2.75) is 20.3 Å². The van der Waals surface area contributed by atoms with Gasteiger partial charge in [0, 0.05) is 31.6 Å². The molecule has 1 fully saturated rings. The fourth-order valence-electron chi connectivity index (χ4n) is 4.48. The van der Waals surface area contributed by atoms with Crippen molar-refractivity contribution in [3.05, 3.63) is 71.6 Å². The third kappa shape index (κ3) is 3.64. The standard InChI is InChI=1S/C26H25N5O2S/c1-17-8-10-20(11-9-17)31-24-23(18(2)28-31)34-26(27-24)30-13-5-12-29(14-15-30)25(32)22-16-19-6-3-4-7-21(19)33-22/h3-4,6-11,16H,5,12-15H2,1-2H3. The van der Waals surface area contributed by atoms with Crippen molar-refractivity contribution in [3.63, 3.8) is 0 Å². The largest absolute Gasteiger partial charge is 0.451 e. The summed E-state index contributed by atoms with van der Waals surface area (Å²) in [7, 11) is 0. The van der Waals surface area contributed by atoms with Gasteiger partial charge in [-0.2, -0.15) is 10.1 Å². The van der Waals surface area contributed by atoms with E-state index in [1.165, 1.54) is 5.56 Å². The van der Waals surface area contributed by atoms with Gasteiger partial charge in [-0.25, -0.2) is 4.68 Å². The molecule has 5 aromatic rings. The van der Waals surface area contributed by atoms with Crippen LogP contribution in [0.3, 0.4) is 0 Å². The van der Waals surface area contributed by atoms with Gasteiger partial charge in [0.15, 0.2) is 16.5 Å². The Labute approximate surface area is 201 Å². The van der Waals surface area contributed by atoms with Crippen molar-refractivity contribution >= 4 is 43.7 Å². The lowest BCUT2D eigenvalue weighted by Crippen LogP contribution is -2.35. The zero-order valence-corrected chi connectivity index (χ0v) is 20.0. The average molecular weight is 472 g/mol. The van der Waals surface area contributed by atoms with Gasteiger partial charge in [0.2, 0.25) is 0 Å². The van der Waals surface area contributed by atoms with E-state index >= 15 is 0 Å². The van der Waals surface area contributed by atoms with E-state index in [0.29, 0.717) is 18.8 Å². The Balaban J connectivity index is 1.23. The number of anilines is 1. The Kier molecular flexibility index (Phi) is 5.10. The number of hydrogen-bond donors (Lipinski definition) is 0. The Morgan fingerprint density at radius 3 is 2.65 bits per heavy atom. The van der Waals surface area contributed by atoms with Gasteiger partial charge in [0.1, 0.15) is 5.58 Å². The van der Waals surface area contributed by atoms with Crippen LogP contribution in [0.15, 0.2) is 59.0 Å². The second-order valence-electron chi connectivity index (χ2n) is 8.76. The summed E-state index contributed by atoms with van der Waals surface area (Å²) >= 11 is 1.68. The van der Waals surface area contributed by atoms with Gasteiger partial charge < -0.3 is 14.2 Å². The van der Waals surface area contributed by atoms with E-state index < -0.39 is 0 Å². The van der Waals surface area contributed by atoms with Crippen LogP contribution in [0.5, 0.6) is 0 Å². The summed E-state index contributed by atoms with van der Waals surface area (Å²) in [4.78, 5) is 22.3. The zero-order chi connectivity index (χ0) is 23.2. The predicted octanol–water partition coefficient (Wildman–Crippen LogP) is 5.20. The molecule has 172 valence electrons. The first-order valence-corrected chi connectivity index (χ1v) is 12.3. The van der Waals surface area contributed by atoms with Gasteiger partial charge >= 0.3 is 0 Å². The molecule has 7 nitrogen and oxygen atoms in total. The Morgan fingerprint density at radius 1 is 1.00 bits per heavy atom. The number of aromatic nitrogens is 3. The average Bonchev–Trinajstić information content (AvgIpc) is 3.49. The van der Waals surface area contributed by atoms with Gasteiger partial charge in [0.05, 0.1) is 16.1 Å². The highest BCUT2D eigenvalue weighted by Gasteiger charge is 2.25. The van der Waals surface area contributed by atoms with E-state index in [0.717, 1.165) is 57.3 Å². The van der Waals surface area contributed by atoms with Crippen LogP contribution in [0.1, 0.15) is 28.2 Å². The van der Waals surface area contributed by atoms with E-state index in [4.69, 9.17) is 14.5 Å². The Bertz CT molecular complexity index is 1460. The number of hydrogen-bond acceptors (Lipinski definition) is 6. The molecular weight excluding hydrogens is 446 g/mol. The molecule has 0 spiro atoms. The van der Waals surface area contributed by atoms with Gasteiger partial charge in [-0.05, 0) is 44.5 Å². The topological polar surface area (TPSA) is 67.4 Å². The second-order valence-corrected chi connectivity index (χ2v) is 9.74. The maximum Gasteiger partial charge on any atom is 0.289 e. The van der Waals surface area contributed by atoms with E-state index in [1.807, 2.05) is 46.8 Å². The van der Waals surface area contributed by atoms with E-state index in [9.17, 15) is 4.79 Å². The lowest BCUT2D eigenvalue weighted by molar-refractivity contribution is 0.0737. The first-order chi connectivity index (χ1) is 16.6. The van der Waals surface area contributed by atoms with Crippen LogP contribution in [0.25, 0.3) is 27.0 Å². The molecule has 6 rings (SSSR count). The first kappa shape index (κ1) is 20.9. The van der Waals surface area contributed by atoms with Gasteiger partial charge in [-0.3, -0.25) is 4.79 Å². The smallest absolute Gasteiger partial charge is 0.289 e. The van der Waals surface area contributed by atoms with Crippen LogP contribution >= 0.6 is 11.3 Å². The molecule has 1 saturated heterocycles.